The number of aromatic nitrogens is 4. The molecule has 0 spiro atoms. The molecule has 7 heteroatoms. The van der Waals surface area contributed by atoms with Crippen LogP contribution in [0.2, 0.25) is 0 Å². The zero-order chi connectivity index (χ0) is 11.5. The number of nitrogens with zero attached hydrogens (tertiary/aromatic N) is 5. The minimum Gasteiger partial charge on any atom is -0.411 e. The van der Waals surface area contributed by atoms with Gasteiger partial charge >= 0.3 is 0 Å². The standard InChI is InChI=1S/C9H10N6O/c1-6-7(5-13-16)14-15(8(6)10)9-11-3-2-4-12-9/h2-5,16H,10H2,1H3/b13-5+. The molecule has 0 bridgehead atoms. The molecule has 2 rings (SSSR count). The number of hydrogen-bond acceptors (Lipinski definition) is 6. The molecule has 2 heterocycles. The van der Waals surface area contributed by atoms with Gasteiger partial charge in [-0.1, -0.05) is 5.16 Å². The Hall–Kier alpha value is -2.44. The van der Waals surface area contributed by atoms with E-state index in [1.165, 1.54) is 10.9 Å². The van der Waals surface area contributed by atoms with Crippen molar-refractivity contribution >= 4 is 12.0 Å². The van der Waals surface area contributed by atoms with Gasteiger partial charge in [-0.25, -0.2) is 9.97 Å². The molecule has 0 fully saturated rings. The Labute approximate surface area is 91.2 Å². The summed E-state index contributed by atoms with van der Waals surface area (Å²) >= 11 is 0. The first-order chi connectivity index (χ1) is 7.74. The van der Waals surface area contributed by atoms with Crippen LogP contribution >= 0.6 is 0 Å². The second-order valence-corrected chi connectivity index (χ2v) is 3.10. The normalized spacial score (nSPS) is 11.1. The molecule has 2 aromatic heterocycles. The van der Waals surface area contributed by atoms with Crippen LogP contribution in [-0.4, -0.2) is 31.2 Å². The van der Waals surface area contributed by atoms with E-state index in [-0.39, 0.29) is 0 Å². The fraction of sp³-hybridized carbons (Fsp3) is 0.111. The van der Waals surface area contributed by atoms with Gasteiger partial charge in [0, 0.05) is 18.0 Å². The number of oxime groups is 1. The maximum absolute atomic E-state index is 8.46. The smallest absolute Gasteiger partial charge is 0.252 e. The highest BCUT2D eigenvalue weighted by atomic mass is 16.4. The lowest BCUT2D eigenvalue weighted by Crippen LogP contribution is -2.06. The highest BCUT2D eigenvalue weighted by Gasteiger charge is 2.12. The van der Waals surface area contributed by atoms with Crippen molar-refractivity contribution in [2.24, 2.45) is 5.16 Å². The van der Waals surface area contributed by atoms with Crippen LogP contribution in [0.5, 0.6) is 0 Å². The van der Waals surface area contributed by atoms with Crippen molar-refractivity contribution in [3.05, 3.63) is 29.7 Å². The van der Waals surface area contributed by atoms with Crippen molar-refractivity contribution in [3.63, 3.8) is 0 Å². The van der Waals surface area contributed by atoms with Gasteiger partial charge in [-0.15, -0.1) is 0 Å². The quantitative estimate of drug-likeness (QED) is 0.430. The van der Waals surface area contributed by atoms with E-state index >= 15 is 0 Å². The highest BCUT2D eigenvalue weighted by molar-refractivity contribution is 5.80. The molecule has 0 unspecified atom stereocenters. The largest absolute Gasteiger partial charge is 0.411 e. The van der Waals surface area contributed by atoms with E-state index in [1.807, 2.05) is 0 Å². The lowest BCUT2D eigenvalue weighted by molar-refractivity contribution is 0.321. The van der Waals surface area contributed by atoms with Crippen LogP contribution < -0.4 is 5.73 Å². The molecule has 2 aromatic rings. The number of anilines is 1. The van der Waals surface area contributed by atoms with Crippen LogP contribution in [0, 0.1) is 6.92 Å². The number of rotatable bonds is 2. The summed E-state index contributed by atoms with van der Waals surface area (Å²) in [5.74, 6) is 0.793. The Morgan fingerprint density at radius 2 is 2.12 bits per heavy atom. The van der Waals surface area contributed by atoms with Crippen molar-refractivity contribution in [2.45, 2.75) is 6.92 Å². The van der Waals surface area contributed by atoms with Crippen molar-refractivity contribution in [1.82, 2.24) is 19.7 Å². The Balaban J connectivity index is 2.55. The Morgan fingerprint density at radius 3 is 2.75 bits per heavy atom. The minimum atomic E-state index is 0.376. The molecule has 16 heavy (non-hydrogen) atoms. The summed E-state index contributed by atoms with van der Waals surface area (Å²) in [6.07, 6.45) is 4.41. The van der Waals surface area contributed by atoms with Gasteiger partial charge in [0.1, 0.15) is 11.5 Å². The SMILES string of the molecule is Cc1c(/C=N/O)nn(-c2ncccn2)c1N. The van der Waals surface area contributed by atoms with Crippen molar-refractivity contribution in [3.8, 4) is 5.95 Å². The molecule has 82 valence electrons. The average molecular weight is 218 g/mol. The maximum atomic E-state index is 8.46. The molecule has 0 aliphatic rings. The zero-order valence-electron chi connectivity index (χ0n) is 8.57. The van der Waals surface area contributed by atoms with Gasteiger partial charge in [0.15, 0.2) is 0 Å². The maximum Gasteiger partial charge on any atom is 0.252 e. The Morgan fingerprint density at radius 1 is 1.44 bits per heavy atom. The second kappa shape index (κ2) is 3.97. The van der Waals surface area contributed by atoms with Crippen molar-refractivity contribution < 1.29 is 5.21 Å². The van der Waals surface area contributed by atoms with Gasteiger partial charge in [-0.3, -0.25) is 0 Å². The predicted octanol–water partition coefficient (Wildman–Crippen LogP) is 0.361. The first kappa shape index (κ1) is 10.1. The zero-order valence-corrected chi connectivity index (χ0v) is 8.57. The predicted molar refractivity (Wildman–Crippen MR) is 57.7 cm³/mol. The van der Waals surface area contributed by atoms with Crippen molar-refractivity contribution in [1.29, 1.82) is 0 Å². The van der Waals surface area contributed by atoms with Crippen molar-refractivity contribution in [2.75, 3.05) is 5.73 Å². The molecule has 0 saturated carbocycles. The number of nitrogens with two attached hydrogens (primary N) is 1. The summed E-state index contributed by atoms with van der Waals surface area (Å²) < 4.78 is 1.40. The van der Waals surface area contributed by atoms with Gasteiger partial charge in [0.2, 0.25) is 0 Å². The lowest BCUT2D eigenvalue weighted by Gasteiger charge is -2.00. The van der Waals surface area contributed by atoms with E-state index in [4.69, 9.17) is 10.9 Å². The number of hydrogen-bond donors (Lipinski definition) is 2. The molecule has 0 atom stereocenters. The summed E-state index contributed by atoms with van der Waals surface area (Å²) in [4.78, 5) is 8.05. The van der Waals surface area contributed by atoms with Crippen LogP contribution in [0.25, 0.3) is 5.95 Å². The third kappa shape index (κ3) is 1.58. The monoisotopic (exact) mass is 218 g/mol. The molecule has 7 nitrogen and oxygen atoms in total. The molecular weight excluding hydrogens is 208 g/mol. The van der Waals surface area contributed by atoms with Gasteiger partial charge in [0.05, 0.1) is 6.21 Å². The Kier molecular flexibility index (Phi) is 2.50. The lowest BCUT2D eigenvalue weighted by atomic mass is 10.3. The third-order valence-electron chi connectivity index (χ3n) is 2.13. The van der Waals surface area contributed by atoms with Crippen LogP contribution in [0.15, 0.2) is 23.6 Å². The summed E-state index contributed by atoms with van der Waals surface area (Å²) in [7, 11) is 0. The highest BCUT2D eigenvalue weighted by Crippen LogP contribution is 2.16. The molecule has 3 N–H and O–H groups in total. The summed E-state index contributed by atoms with van der Waals surface area (Å²) in [5, 5.41) is 15.5. The molecule has 0 saturated heterocycles. The van der Waals surface area contributed by atoms with Gasteiger partial charge in [0.25, 0.3) is 5.95 Å². The Bertz CT molecular complexity index is 518. The van der Waals surface area contributed by atoms with E-state index in [9.17, 15) is 0 Å². The fourth-order valence-electron chi connectivity index (χ4n) is 1.26. The number of nitrogen functional groups attached to an aromatic ring is 1. The average Bonchev–Trinajstić information content (AvgIpc) is 2.59. The van der Waals surface area contributed by atoms with Gasteiger partial charge in [-0.05, 0) is 13.0 Å². The van der Waals surface area contributed by atoms with E-state index in [2.05, 4.69) is 20.2 Å². The topological polar surface area (TPSA) is 102 Å². The molecule has 0 aliphatic carbocycles. The molecule has 0 amide bonds. The van der Waals surface area contributed by atoms with E-state index in [1.54, 1.807) is 25.4 Å². The summed E-state index contributed by atoms with van der Waals surface area (Å²) in [6.45, 7) is 1.78. The molecule has 0 aliphatic heterocycles. The van der Waals surface area contributed by atoms with E-state index < -0.39 is 0 Å². The van der Waals surface area contributed by atoms with Gasteiger partial charge < -0.3 is 10.9 Å². The van der Waals surface area contributed by atoms with Crippen LogP contribution in [0.4, 0.5) is 5.82 Å². The first-order valence-corrected chi connectivity index (χ1v) is 4.54. The van der Waals surface area contributed by atoms with E-state index in [0.29, 0.717) is 23.0 Å². The second-order valence-electron chi connectivity index (χ2n) is 3.10. The summed E-state index contributed by atoms with van der Waals surface area (Å²) in [6, 6.07) is 1.70. The van der Waals surface area contributed by atoms with Crippen LogP contribution in [0.1, 0.15) is 11.3 Å². The fourth-order valence-corrected chi connectivity index (χ4v) is 1.26. The molecule has 0 radical (unpaired) electrons. The van der Waals surface area contributed by atoms with Gasteiger partial charge in [-0.2, -0.15) is 9.78 Å². The molecule has 0 aromatic carbocycles. The third-order valence-corrected chi connectivity index (χ3v) is 2.13. The van der Waals surface area contributed by atoms with Crippen LogP contribution in [-0.2, 0) is 0 Å². The first-order valence-electron chi connectivity index (χ1n) is 4.54. The van der Waals surface area contributed by atoms with Crippen LogP contribution in [0.3, 0.4) is 0 Å². The molecular formula is C9H10N6O. The minimum absolute atomic E-state index is 0.376. The van der Waals surface area contributed by atoms with E-state index in [0.717, 1.165) is 0 Å². The summed E-state index contributed by atoms with van der Waals surface area (Å²) in [5.41, 5.74) is 7.04.